The lowest BCUT2D eigenvalue weighted by Gasteiger charge is -2.29. The van der Waals surface area contributed by atoms with Crippen molar-refractivity contribution in [3.63, 3.8) is 0 Å². The summed E-state index contributed by atoms with van der Waals surface area (Å²) in [7, 11) is 0. The average molecular weight is 330 g/mol. The molecule has 7 heteroatoms. The van der Waals surface area contributed by atoms with Crippen molar-refractivity contribution >= 4 is 24.0 Å². The first-order valence-electron chi connectivity index (χ1n) is 7.74. The van der Waals surface area contributed by atoms with Crippen LogP contribution in [0.15, 0.2) is 18.2 Å². The van der Waals surface area contributed by atoms with Gasteiger partial charge in [0.05, 0.1) is 6.54 Å². The quantitative estimate of drug-likeness (QED) is 0.651. The Balaban J connectivity index is 1.89. The molecule has 1 aromatic carbocycles. The molecule has 0 aliphatic carbocycles. The second kappa shape index (κ2) is 5.74. The van der Waals surface area contributed by atoms with Crippen molar-refractivity contribution in [2.45, 2.75) is 44.9 Å². The first-order chi connectivity index (χ1) is 11.3. The van der Waals surface area contributed by atoms with Crippen LogP contribution in [-0.2, 0) is 20.9 Å². The number of carbonyl (C=O) groups is 4. The average Bonchev–Trinajstić information content (AvgIpc) is 2.86. The number of rotatable bonds is 4. The highest BCUT2D eigenvalue weighted by molar-refractivity contribution is 6.05. The van der Waals surface area contributed by atoms with Gasteiger partial charge in [-0.2, -0.15) is 0 Å². The van der Waals surface area contributed by atoms with Gasteiger partial charge in [-0.15, -0.1) is 0 Å². The van der Waals surface area contributed by atoms with E-state index < -0.39 is 17.6 Å². The van der Waals surface area contributed by atoms with Gasteiger partial charge in [-0.3, -0.25) is 24.5 Å². The fourth-order valence-corrected chi connectivity index (χ4v) is 2.96. The highest BCUT2D eigenvalue weighted by atomic mass is 16.5. The second-order valence-corrected chi connectivity index (χ2v) is 6.51. The summed E-state index contributed by atoms with van der Waals surface area (Å²) >= 11 is 0. The maximum absolute atomic E-state index is 12.6. The number of nitrogens with one attached hydrogen (secondary N) is 1. The Labute approximate surface area is 139 Å². The van der Waals surface area contributed by atoms with E-state index in [0.29, 0.717) is 29.6 Å². The topological polar surface area (TPSA) is 92.8 Å². The van der Waals surface area contributed by atoms with E-state index in [4.69, 9.17) is 4.74 Å². The van der Waals surface area contributed by atoms with Crippen molar-refractivity contribution in [3.8, 4) is 5.75 Å². The molecule has 0 radical (unpaired) electrons. The van der Waals surface area contributed by atoms with Crippen LogP contribution in [0.5, 0.6) is 5.75 Å². The summed E-state index contributed by atoms with van der Waals surface area (Å²) in [5, 5.41) is 2.27. The third kappa shape index (κ3) is 2.77. The van der Waals surface area contributed by atoms with Crippen molar-refractivity contribution in [1.82, 2.24) is 10.2 Å². The Morgan fingerprint density at radius 1 is 1.29 bits per heavy atom. The summed E-state index contributed by atoms with van der Waals surface area (Å²) in [5.41, 5.74) is 0.0984. The van der Waals surface area contributed by atoms with Gasteiger partial charge in [0.1, 0.15) is 11.8 Å². The minimum Gasteiger partial charge on any atom is -0.480 e. The predicted molar refractivity (Wildman–Crippen MR) is 83.3 cm³/mol. The molecule has 7 nitrogen and oxygen atoms in total. The summed E-state index contributed by atoms with van der Waals surface area (Å²) in [6.07, 6.45) is 1.21. The maximum Gasteiger partial charge on any atom is 0.255 e. The standard InChI is InChI=1S/C17H18N2O5/c1-17(2,9-20)24-13-5-3-4-10-11(13)8-19(16(10)23)12-6-7-14(21)18-15(12)22/h3-5,9,12H,6-8H2,1-2H3,(H,18,21,22). The smallest absolute Gasteiger partial charge is 0.255 e. The van der Waals surface area contributed by atoms with E-state index in [1.54, 1.807) is 32.0 Å². The van der Waals surface area contributed by atoms with E-state index in [0.717, 1.165) is 0 Å². The van der Waals surface area contributed by atoms with Crippen molar-refractivity contribution in [3.05, 3.63) is 29.3 Å². The molecule has 2 aliphatic heterocycles. The monoisotopic (exact) mass is 330 g/mol. The molecule has 1 saturated heterocycles. The molecule has 1 fully saturated rings. The van der Waals surface area contributed by atoms with Gasteiger partial charge in [0.2, 0.25) is 11.8 Å². The molecule has 3 amide bonds. The van der Waals surface area contributed by atoms with Gasteiger partial charge < -0.3 is 9.64 Å². The minimum absolute atomic E-state index is 0.206. The number of benzene rings is 1. The molecule has 1 unspecified atom stereocenters. The lowest BCUT2D eigenvalue weighted by molar-refractivity contribution is -0.136. The molecule has 2 aliphatic rings. The molecular formula is C17H18N2O5. The molecule has 3 rings (SSSR count). The van der Waals surface area contributed by atoms with Crippen LogP contribution >= 0.6 is 0 Å². The Bertz CT molecular complexity index is 740. The molecule has 0 aromatic heterocycles. The zero-order valence-electron chi connectivity index (χ0n) is 13.5. The fraction of sp³-hybridized carbons (Fsp3) is 0.412. The molecule has 0 bridgehead atoms. The Morgan fingerprint density at radius 3 is 2.71 bits per heavy atom. The van der Waals surface area contributed by atoms with Crippen LogP contribution in [0.2, 0.25) is 0 Å². The predicted octanol–water partition coefficient (Wildman–Crippen LogP) is 0.804. The van der Waals surface area contributed by atoms with Gasteiger partial charge in [0, 0.05) is 17.5 Å². The number of amides is 3. The number of imide groups is 1. The Hall–Kier alpha value is -2.70. The van der Waals surface area contributed by atoms with Gasteiger partial charge in [0.15, 0.2) is 11.9 Å². The van der Waals surface area contributed by atoms with Gasteiger partial charge in [0.25, 0.3) is 5.91 Å². The SMILES string of the molecule is CC(C)(C=O)Oc1cccc2c1CN(C1CCC(=O)NC1=O)C2=O. The van der Waals surface area contributed by atoms with Crippen LogP contribution in [0.3, 0.4) is 0 Å². The van der Waals surface area contributed by atoms with E-state index in [1.807, 2.05) is 0 Å². The lowest BCUT2D eigenvalue weighted by Crippen LogP contribution is -2.52. The van der Waals surface area contributed by atoms with Crippen molar-refractivity contribution in [2.75, 3.05) is 0 Å². The van der Waals surface area contributed by atoms with E-state index in [9.17, 15) is 19.2 Å². The third-order valence-electron chi connectivity index (χ3n) is 4.20. The largest absolute Gasteiger partial charge is 0.480 e. The van der Waals surface area contributed by atoms with E-state index >= 15 is 0 Å². The summed E-state index contributed by atoms with van der Waals surface area (Å²) in [5.74, 6) is -0.595. The molecule has 2 heterocycles. The number of hydrogen-bond donors (Lipinski definition) is 1. The van der Waals surface area contributed by atoms with E-state index in [2.05, 4.69) is 5.32 Å². The first-order valence-corrected chi connectivity index (χ1v) is 7.74. The Morgan fingerprint density at radius 2 is 2.04 bits per heavy atom. The second-order valence-electron chi connectivity index (χ2n) is 6.51. The van der Waals surface area contributed by atoms with Crippen LogP contribution < -0.4 is 10.1 Å². The number of carbonyl (C=O) groups excluding carboxylic acids is 4. The number of hydrogen-bond acceptors (Lipinski definition) is 5. The summed E-state index contributed by atoms with van der Waals surface area (Å²) in [4.78, 5) is 48.5. The van der Waals surface area contributed by atoms with Crippen molar-refractivity contribution in [2.24, 2.45) is 0 Å². The lowest BCUT2D eigenvalue weighted by atomic mass is 10.0. The highest BCUT2D eigenvalue weighted by Gasteiger charge is 2.40. The number of aldehydes is 1. The fourth-order valence-electron chi connectivity index (χ4n) is 2.96. The summed E-state index contributed by atoms with van der Waals surface area (Å²) in [6.45, 7) is 3.48. The van der Waals surface area contributed by atoms with Gasteiger partial charge in [-0.05, 0) is 32.4 Å². The molecular weight excluding hydrogens is 312 g/mol. The number of nitrogens with zero attached hydrogens (tertiary/aromatic N) is 1. The van der Waals surface area contributed by atoms with Crippen LogP contribution in [0.4, 0.5) is 0 Å². The third-order valence-corrected chi connectivity index (χ3v) is 4.20. The van der Waals surface area contributed by atoms with Crippen molar-refractivity contribution < 1.29 is 23.9 Å². The summed E-state index contributed by atoms with van der Waals surface area (Å²) in [6, 6.07) is 4.38. The number of ether oxygens (including phenoxy) is 1. The molecule has 1 N–H and O–H groups in total. The summed E-state index contributed by atoms with van der Waals surface area (Å²) < 4.78 is 5.72. The minimum atomic E-state index is -1.01. The normalized spacial score (nSPS) is 20.7. The van der Waals surface area contributed by atoms with E-state index in [-0.39, 0.29) is 24.8 Å². The van der Waals surface area contributed by atoms with Crippen LogP contribution in [0.25, 0.3) is 0 Å². The highest BCUT2D eigenvalue weighted by Crippen LogP contribution is 2.34. The van der Waals surface area contributed by atoms with Gasteiger partial charge in [-0.1, -0.05) is 6.07 Å². The van der Waals surface area contributed by atoms with Gasteiger partial charge >= 0.3 is 0 Å². The van der Waals surface area contributed by atoms with Gasteiger partial charge in [-0.25, -0.2) is 0 Å². The zero-order chi connectivity index (χ0) is 17.5. The Kier molecular flexibility index (Phi) is 3.87. The molecule has 1 aromatic rings. The maximum atomic E-state index is 12.6. The molecule has 0 spiro atoms. The van der Waals surface area contributed by atoms with Crippen LogP contribution in [-0.4, -0.2) is 40.6 Å². The number of piperidine rings is 1. The first kappa shape index (κ1) is 16.2. The molecule has 24 heavy (non-hydrogen) atoms. The zero-order valence-corrected chi connectivity index (χ0v) is 13.5. The molecule has 0 saturated carbocycles. The molecule has 1 atom stereocenters. The number of fused-ring (bicyclic) bond motifs is 1. The van der Waals surface area contributed by atoms with Crippen molar-refractivity contribution in [1.29, 1.82) is 0 Å². The molecule has 126 valence electrons. The van der Waals surface area contributed by atoms with Crippen LogP contribution in [0.1, 0.15) is 42.6 Å². The van der Waals surface area contributed by atoms with Crippen LogP contribution in [0, 0.1) is 0 Å². The van der Waals surface area contributed by atoms with E-state index in [1.165, 1.54) is 4.90 Å².